The van der Waals surface area contributed by atoms with Gasteiger partial charge in [0.2, 0.25) is 0 Å². The third-order valence-corrected chi connectivity index (χ3v) is 9.86. The normalized spacial score (nSPS) is 23.1. The second-order valence-corrected chi connectivity index (χ2v) is 14.4. The minimum Gasteiger partial charge on any atom is -0.384 e. The first-order valence-electron chi connectivity index (χ1n) is 19.3. The Morgan fingerprint density at radius 3 is 2.28 bits per heavy atom. The molecule has 5 unspecified atom stereocenters. The summed E-state index contributed by atoms with van der Waals surface area (Å²) >= 11 is 0. The molecule has 2 heteroatoms. The zero-order chi connectivity index (χ0) is 36.2. The number of piperidine rings is 1. The molecule has 1 aliphatic carbocycles. The zero-order valence-corrected chi connectivity index (χ0v) is 33.4. The number of benzene rings is 1. The molecule has 3 rings (SSSR count). The van der Waals surface area contributed by atoms with Gasteiger partial charge in [-0.15, -0.1) is 0 Å². The first-order chi connectivity index (χ1) is 22.4. The molecule has 1 heterocycles. The number of hydrogen-bond acceptors (Lipinski definition) is 2. The van der Waals surface area contributed by atoms with E-state index < -0.39 is 0 Å². The van der Waals surface area contributed by atoms with Crippen LogP contribution >= 0.6 is 0 Å². The number of hydrogen-bond donors (Lipinski definition) is 2. The summed E-state index contributed by atoms with van der Waals surface area (Å²) in [5.41, 5.74) is 9.15. The average molecular weight is 647 g/mol. The maximum Gasteiger partial charge on any atom is 0.0352 e. The Morgan fingerprint density at radius 2 is 1.72 bits per heavy atom. The monoisotopic (exact) mass is 647 g/mol. The van der Waals surface area contributed by atoms with E-state index in [1.165, 1.54) is 59.9 Å². The topological polar surface area (TPSA) is 24.1 Å². The average Bonchev–Trinajstić information content (AvgIpc) is 3.36. The molecule has 1 aliphatic heterocycles. The molecule has 0 bridgehead atoms. The van der Waals surface area contributed by atoms with Crippen LogP contribution in [0.3, 0.4) is 0 Å². The standard InChI is InChI=1S/C33H48N2.C8H18.2C2H6/c1-10-12-27(11-2)17-28-13-14-32-30(18-28)31(19-33(32,9)26(8)35-20-22(3)4)23(5)15-29-16-25(7)34-21-24(29)6;1-4-5-6-7-8(2)3;2*1-2/h10,12-14,18,24-25,29,31,34-35H,1,3,5,8,11,15-17,19-21H2,2,4,6-7,9H3;8H,4-7H2,1-3H3;2*1-2H3/b27-12+;;;. The van der Waals surface area contributed by atoms with Gasteiger partial charge in [0.25, 0.3) is 0 Å². The van der Waals surface area contributed by atoms with Crippen LogP contribution in [-0.2, 0) is 11.8 Å². The van der Waals surface area contributed by atoms with Crippen LogP contribution in [0.2, 0.25) is 0 Å². The molecule has 5 atom stereocenters. The molecule has 2 aliphatic rings. The predicted molar refractivity (Wildman–Crippen MR) is 216 cm³/mol. The van der Waals surface area contributed by atoms with Crippen molar-refractivity contribution >= 4 is 0 Å². The van der Waals surface area contributed by atoms with Gasteiger partial charge in [0.1, 0.15) is 0 Å². The summed E-state index contributed by atoms with van der Waals surface area (Å²) in [4.78, 5) is 0. The fourth-order valence-corrected chi connectivity index (χ4v) is 6.86. The molecule has 268 valence electrons. The SMILES string of the molecule is C=C/C=C(\CC)Cc1ccc2c(c1)C(C(=C)CC1CC(C)NCC1C)CC2(C)C(=C)NCC(=C)C.CC.CC.CCCCCC(C)C. The highest BCUT2D eigenvalue weighted by atomic mass is 14.9. The number of rotatable bonds is 15. The van der Waals surface area contributed by atoms with Crippen LogP contribution in [0.25, 0.3) is 0 Å². The number of nitrogens with one attached hydrogen (secondary N) is 2. The van der Waals surface area contributed by atoms with Crippen molar-refractivity contribution in [2.24, 2.45) is 17.8 Å². The summed E-state index contributed by atoms with van der Waals surface area (Å²) in [6.07, 6.45) is 15.1. The molecule has 0 spiro atoms. The lowest BCUT2D eigenvalue weighted by Crippen LogP contribution is -2.41. The van der Waals surface area contributed by atoms with Crippen molar-refractivity contribution in [2.75, 3.05) is 13.1 Å². The van der Waals surface area contributed by atoms with Crippen LogP contribution in [0.5, 0.6) is 0 Å². The molecule has 0 radical (unpaired) electrons. The molecule has 0 saturated carbocycles. The molecule has 1 fully saturated rings. The molecule has 47 heavy (non-hydrogen) atoms. The van der Waals surface area contributed by atoms with Gasteiger partial charge in [-0.05, 0) is 93.9 Å². The molecule has 1 aromatic carbocycles. The largest absolute Gasteiger partial charge is 0.384 e. The first kappa shape index (κ1) is 44.7. The molecule has 2 nitrogen and oxygen atoms in total. The van der Waals surface area contributed by atoms with Crippen LogP contribution in [-0.4, -0.2) is 19.1 Å². The highest BCUT2D eigenvalue weighted by Crippen LogP contribution is 2.53. The first-order valence-corrected chi connectivity index (χ1v) is 19.3. The summed E-state index contributed by atoms with van der Waals surface area (Å²) in [5.74, 6) is 2.65. The second-order valence-electron chi connectivity index (χ2n) is 14.4. The minimum atomic E-state index is -0.117. The van der Waals surface area contributed by atoms with Gasteiger partial charge in [-0.1, -0.05) is 161 Å². The predicted octanol–water partition coefficient (Wildman–Crippen LogP) is 13.0. The Hall–Kier alpha value is -2.32. The van der Waals surface area contributed by atoms with E-state index in [1.807, 2.05) is 33.8 Å². The fraction of sp³-hybridized carbons (Fsp3) is 0.644. The van der Waals surface area contributed by atoms with Crippen LogP contribution in [0.1, 0.15) is 157 Å². The minimum absolute atomic E-state index is 0.117. The molecule has 2 N–H and O–H groups in total. The van der Waals surface area contributed by atoms with Gasteiger partial charge >= 0.3 is 0 Å². The zero-order valence-electron chi connectivity index (χ0n) is 33.4. The van der Waals surface area contributed by atoms with E-state index in [0.717, 1.165) is 56.0 Å². The van der Waals surface area contributed by atoms with E-state index in [2.05, 4.69) is 110 Å². The van der Waals surface area contributed by atoms with Gasteiger partial charge in [0.05, 0.1) is 0 Å². The lowest BCUT2D eigenvalue weighted by molar-refractivity contribution is 0.228. The van der Waals surface area contributed by atoms with Crippen molar-refractivity contribution in [3.05, 3.63) is 95.8 Å². The Labute approximate surface area is 294 Å². The maximum atomic E-state index is 4.72. The number of fused-ring (bicyclic) bond motifs is 1. The van der Waals surface area contributed by atoms with Crippen molar-refractivity contribution in [2.45, 2.75) is 158 Å². The van der Waals surface area contributed by atoms with Crippen LogP contribution in [0.4, 0.5) is 0 Å². The summed E-state index contributed by atoms with van der Waals surface area (Å²) in [7, 11) is 0. The van der Waals surface area contributed by atoms with E-state index in [9.17, 15) is 0 Å². The lowest BCUT2D eigenvalue weighted by atomic mass is 9.76. The molecule has 0 amide bonds. The highest BCUT2D eigenvalue weighted by molar-refractivity contribution is 5.52. The van der Waals surface area contributed by atoms with E-state index in [-0.39, 0.29) is 5.41 Å². The Bertz CT molecular complexity index is 1100. The van der Waals surface area contributed by atoms with E-state index >= 15 is 0 Å². The maximum absolute atomic E-state index is 4.72. The Morgan fingerprint density at radius 1 is 1.06 bits per heavy atom. The third kappa shape index (κ3) is 14.8. The number of unbranched alkanes of at least 4 members (excludes halogenated alkanes) is 2. The van der Waals surface area contributed by atoms with Crippen molar-refractivity contribution in [3.63, 3.8) is 0 Å². The third-order valence-electron chi connectivity index (χ3n) is 9.86. The van der Waals surface area contributed by atoms with E-state index in [0.29, 0.717) is 23.8 Å². The molecular weight excluding hydrogens is 569 g/mol. The van der Waals surface area contributed by atoms with Crippen LogP contribution in [0.15, 0.2) is 79.1 Å². The van der Waals surface area contributed by atoms with Crippen LogP contribution < -0.4 is 10.6 Å². The summed E-state index contributed by atoms with van der Waals surface area (Å²) < 4.78 is 0. The quantitative estimate of drug-likeness (QED) is 0.113. The molecule has 1 aromatic rings. The van der Waals surface area contributed by atoms with E-state index in [1.54, 1.807) is 0 Å². The number of allylic oxidation sites excluding steroid dienone is 5. The Kier molecular flexibility index (Phi) is 22.7. The summed E-state index contributed by atoms with van der Waals surface area (Å²) in [6.45, 7) is 45.3. The van der Waals surface area contributed by atoms with Crippen LogP contribution in [0, 0.1) is 17.8 Å². The van der Waals surface area contributed by atoms with Gasteiger partial charge in [0.15, 0.2) is 0 Å². The highest BCUT2D eigenvalue weighted by Gasteiger charge is 2.43. The van der Waals surface area contributed by atoms with Crippen molar-refractivity contribution in [1.29, 1.82) is 0 Å². The lowest BCUT2D eigenvalue weighted by Gasteiger charge is -2.35. The van der Waals surface area contributed by atoms with Gasteiger partial charge in [-0.2, -0.15) is 0 Å². The van der Waals surface area contributed by atoms with Crippen molar-refractivity contribution in [1.82, 2.24) is 10.6 Å². The van der Waals surface area contributed by atoms with Crippen molar-refractivity contribution in [3.8, 4) is 0 Å². The van der Waals surface area contributed by atoms with Gasteiger partial charge in [-0.3, -0.25) is 0 Å². The summed E-state index contributed by atoms with van der Waals surface area (Å²) in [6, 6.07) is 7.73. The summed E-state index contributed by atoms with van der Waals surface area (Å²) in [5, 5.41) is 7.22. The molecule has 1 saturated heterocycles. The van der Waals surface area contributed by atoms with Crippen molar-refractivity contribution < 1.29 is 0 Å². The molecule has 0 aromatic heterocycles. The fourth-order valence-electron chi connectivity index (χ4n) is 6.86. The van der Waals surface area contributed by atoms with Gasteiger partial charge in [0, 0.05) is 29.6 Å². The second kappa shape index (κ2) is 23.9. The Balaban J connectivity index is 0.00000152. The molecular formula is C45H78N2. The van der Waals surface area contributed by atoms with Gasteiger partial charge < -0.3 is 10.6 Å². The van der Waals surface area contributed by atoms with Gasteiger partial charge in [-0.25, -0.2) is 0 Å². The smallest absolute Gasteiger partial charge is 0.0352 e. The van der Waals surface area contributed by atoms with E-state index in [4.69, 9.17) is 6.58 Å².